The summed E-state index contributed by atoms with van der Waals surface area (Å²) in [5.41, 5.74) is 2.54. The Morgan fingerprint density at radius 3 is 2.44 bits per heavy atom. The maximum Gasteiger partial charge on any atom is 0.196 e. The van der Waals surface area contributed by atoms with Gasteiger partial charge in [-0.1, -0.05) is 54.6 Å². The molecule has 0 aliphatic carbocycles. The number of ether oxygens (including phenoxy) is 1. The second-order valence-corrected chi connectivity index (χ2v) is 5.89. The van der Waals surface area contributed by atoms with Crippen molar-refractivity contribution >= 4 is 11.9 Å². The quantitative estimate of drug-likeness (QED) is 0.602. The maximum atomic E-state index is 13.5. The van der Waals surface area contributed by atoms with Gasteiger partial charge in [-0.25, -0.2) is 4.39 Å². The van der Waals surface area contributed by atoms with Gasteiger partial charge in [0.05, 0.1) is 5.56 Å². The number of carbonyl (C=O) groups is 1. The molecule has 0 bridgehead atoms. The number of ketones is 1. The van der Waals surface area contributed by atoms with Gasteiger partial charge in [0.15, 0.2) is 11.9 Å². The van der Waals surface area contributed by atoms with Crippen molar-refractivity contribution in [2.24, 2.45) is 0 Å². The molecule has 0 aromatic heterocycles. The molecule has 4 rings (SSSR count). The van der Waals surface area contributed by atoms with Crippen molar-refractivity contribution in [1.29, 1.82) is 0 Å². The van der Waals surface area contributed by atoms with Gasteiger partial charge in [-0.05, 0) is 41.5 Å². The smallest absolute Gasteiger partial charge is 0.196 e. The summed E-state index contributed by atoms with van der Waals surface area (Å²) >= 11 is 0. The van der Waals surface area contributed by atoms with Gasteiger partial charge in [0, 0.05) is 5.57 Å². The van der Waals surface area contributed by atoms with E-state index in [4.69, 9.17) is 4.74 Å². The molecule has 3 heteroatoms. The first-order chi connectivity index (χ1) is 12.2. The Morgan fingerprint density at radius 1 is 0.880 bits per heavy atom. The van der Waals surface area contributed by atoms with Crippen molar-refractivity contribution in [3.05, 3.63) is 107 Å². The Kier molecular flexibility index (Phi) is 3.90. The van der Waals surface area contributed by atoms with Gasteiger partial charge in [0.2, 0.25) is 0 Å². The summed E-state index contributed by atoms with van der Waals surface area (Å²) in [4.78, 5) is 13.0. The molecule has 1 aliphatic rings. The molecule has 0 amide bonds. The van der Waals surface area contributed by atoms with Crippen LogP contribution in [0.25, 0.3) is 6.08 Å². The summed E-state index contributed by atoms with van der Waals surface area (Å²) in [6.07, 6.45) is 1.19. The Morgan fingerprint density at radius 2 is 1.64 bits per heavy atom. The summed E-state index contributed by atoms with van der Waals surface area (Å²) in [5.74, 6) is 0.132. The molecular formula is C22H15FO2. The van der Waals surface area contributed by atoms with E-state index in [1.807, 2.05) is 42.5 Å². The molecule has 0 spiro atoms. The fourth-order valence-corrected chi connectivity index (χ4v) is 3.01. The first-order valence-electron chi connectivity index (χ1n) is 8.05. The summed E-state index contributed by atoms with van der Waals surface area (Å²) in [5, 5.41) is 0. The number of hydrogen-bond donors (Lipinski definition) is 0. The molecule has 2 nitrogen and oxygen atoms in total. The molecule has 3 aromatic rings. The third-order valence-electron chi connectivity index (χ3n) is 4.19. The number of benzene rings is 3. The molecule has 0 saturated carbocycles. The first kappa shape index (κ1) is 15.3. The van der Waals surface area contributed by atoms with Crippen molar-refractivity contribution in [1.82, 2.24) is 0 Å². The molecule has 0 radical (unpaired) electrons. The lowest BCUT2D eigenvalue weighted by molar-refractivity contribution is 0.0963. The number of Topliss-reactive ketones (excluding diaryl/α,β-unsaturated/α-hetero) is 1. The van der Waals surface area contributed by atoms with Crippen LogP contribution in [0, 0.1) is 5.82 Å². The highest BCUT2D eigenvalue weighted by molar-refractivity contribution is 6.14. The van der Waals surface area contributed by atoms with E-state index in [0.717, 1.165) is 5.56 Å². The van der Waals surface area contributed by atoms with Gasteiger partial charge in [0.1, 0.15) is 11.6 Å². The van der Waals surface area contributed by atoms with Crippen LogP contribution < -0.4 is 4.74 Å². The van der Waals surface area contributed by atoms with Crippen molar-refractivity contribution in [3.63, 3.8) is 0 Å². The molecule has 1 heterocycles. The molecule has 0 saturated heterocycles. The van der Waals surface area contributed by atoms with Gasteiger partial charge in [-0.3, -0.25) is 4.79 Å². The number of hydrogen-bond acceptors (Lipinski definition) is 2. The zero-order valence-electron chi connectivity index (χ0n) is 13.4. The van der Waals surface area contributed by atoms with Gasteiger partial charge in [-0.2, -0.15) is 0 Å². The number of carbonyl (C=O) groups excluding carboxylic acids is 1. The summed E-state index contributed by atoms with van der Waals surface area (Å²) in [6.45, 7) is 0. The van der Waals surface area contributed by atoms with E-state index in [0.29, 0.717) is 22.4 Å². The van der Waals surface area contributed by atoms with Crippen LogP contribution in [0.5, 0.6) is 5.75 Å². The Balaban J connectivity index is 1.87. The maximum absolute atomic E-state index is 13.5. The Bertz CT molecular complexity index is 961. The van der Waals surface area contributed by atoms with Crippen LogP contribution >= 0.6 is 0 Å². The third kappa shape index (κ3) is 2.96. The number of rotatable bonds is 2. The standard InChI is InChI=1S/C22H15FO2/c23-17-10-6-7-15(13-17)14-19-21(24)18-11-4-5-12-20(18)25-22(19)16-8-2-1-3-9-16/h1-14,22H/b19-14-/t22-/m1/s1. The summed E-state index contributed by atoms with van der Waals surface area (Å²) in [7, 11) is 0. The summed E-state index contributed by atoms with van der Waals surface area (Å²) in [6, 6.07) is 22.9. The lowest BCUT2D eigenvalue weighted by atomic mass is 9.89. The summed E-state index contributed by atoms with van der Waals surface area (Å²) < 4.78 is 19.7. The monoisotopic (exact) mass is 330 g/mol. The van der Waals surface area contributed by atoms with E-state index >= 15 is 0 Å². The molecule has 25 heavy (non-hydrogen) atoms. The molecule has 3 aromatic carbocycles. The second-order valence-electron chi connectivity index (χ2n) is 5.89. The molecule has 1 aliphatic heterocycles. The van der Waals surface area contributed by atoms with Crippen molar-refractivity contribution in [3.8, 4) is 5.75 Å². The lowest BCUT2D eigenvalue weighted by Gasteiger charge is -2.28. The van der Waals surface area contributed by atoms with Crippen molar-refractivity contribution in [2.45, 2.75) is 6.10 Å². The van der Waals surface area contributed by atoms with Crippen LogP contribution in [0.1, 0.15) is 27.6 Å². The van der Waals surface area contributed by atoms with Crippen LogP contribution in [-0.4, -0.2) is 5.78 Å². The molecular weight excluding hydrogens is 315 g/mol. The number of fused-ring (bicyclic) bond motifs is 1. The van der Waals surface area contributed by atoms with Gasteiger partial charge in [-0.15, -0.1) is 0 Å². The SMILES string of the molecule is O=C1/C(=C/c2cccc(F)c2)[C@@H](c2ccccc2)Oc2ccccc21. The van der Waals surface area contributed by atoms with E-state index in [1.165, 1.54) is 12.1 Å². The minimum absolute atomic E-state index is 0.0973. The van der Waals surface area contributed by atoms with E-state index < -0.39 is 6.10 Å². The highest BCUT2D eigenvalue weighted by Gasteiger charge is 2.32. The predicted octanol–water partition coefficient (Wildman–Crippen LogP) is 5.23. The minimum atomic E-state index is -0.521. The zero-order chi connectivity index (χ0) is 17.2. The van der Waals surface area contributed by atoms with E-state index in [2.05, 4.69) is 0 Å². The van der Waals surface area contributed by atoms with Crippen LogP contribution in [-0.2, 0) is 0 Å². The molecule has 0 fully saturated rings. The predicted molar refractivity (Wildman–Crippen MR) is 95.0 cm³/mol. The van der Waals surface area contributed by atoms with Crippen molar-refractivity contribution in [2.75, 3.05) is 0 Å². The third-order valence-corrected chi connectivity index (χ3v) is 4.19. The fourth-order valence-electron chi connectivity index (χ4n) is 3.01. The highest BCUT2D eigenvalue weighted by Crippen LogP contribution is 2.39. The average Bonchev–Trinajstić information content (AvgIpc) is 2.65. The van der Waals surface area contributed by atoms with Crippen molar-refractivity contribution < 1.29 is 13.9 Å². The minimum Gasteiger partial charge on any atom is -0.480 e. The average molecular weight is 330 g/mol. The number of para-hydroxylation sites is 1. The Labute approximate surface area is 145 Å². The largest absolute Gasteiger partial charge is 0.480 e. The number of halogens is 1. The lowest BCUT2D eigenvalue weighted by Crippen LogP contribution is -2.23. The first-order valence-corrected chi connectivity index (χ1v) is 8.05. The molecule has 1 atom stereocenters. The van der Waals surface area contributed by atoms with E-state index in [9.17, 15) is 9.18 Å². The molecule has 0 N–H and O–H groups in total. The Hall–Kier alpha value is -3.20. The van der Waals surface area contributed by atoms with Gasteiger partial charge in [0.25, 0.3) is 0 Å². The zero-order valence-corrected chi connectivity index (χ0v) is 13.4. The van der Waals surface area contributed by atoms with Gasteiger partial charge < -0.3 is 4.74 Å². The van der Waals surface area contributed by atoms with E-state index in [1.54, 1.807) is 30.3 Å². The molecule has 0 unspecified atom stereocenters. The van der Waals surface area contributed by atoms with Crippen LogP contribution in [0.4, 0.5) is 4.39 Å². The van der Waals surface area contributed by atoms with Gasteiger partial charge >= 0.3 is 0 Å². The van der Waals surface area contributed by atoms with E-state index in [-0.39, 0.29) is 11.6 Å². The normalized spacial score (nSPS) is 17.9. The highest BCUT2D eigenvalue weighted by atomic mass is 19.1. The second kappa shape index (κ2) is 6.36. The molecule has 122 valence electrons. The fraction of sp³-hybridized carbons (Fsp3) is 0.0455. The van der Waals surface area contributed by atoms with Crippen LogP contribution in [0.3, 0.4) is 0 Å². The van der Waals surface area contributed by atoms with Crippen LogP contribution in [0.15, 0.2) is 84.4 Å². The topological polar surface area (TPSA) is 26.3 Å². The van der Waals surface area contributed by atoms with Crippen LogP contribution in [0.2, 0.25) is 0 Å².